The molecule has 2 heterocycles. The molecule has 0 saturated heterocycles. The SMILES string of the molecule is CN(C)CCCOc1nc(-c2ccc(Cl)c(NC(=O)c3coc(N)n3)c2)cs1. The molecule has 0 fully saturated rings. The summed E-state index contributed by atoms with van der Waals surface area (Å²) in [7, 11) is 4.05. The molecule has 0 saturated carbocycles. The number of anilines is 2. The summed E-state index contributed by atoms with van der Waals surface area (Å²) in [6, 6.07) is 5.19. The molecule has 1 amide bonds. The van der Waals surface area contributed by atoms with Gasteiger partial charge in [0.05, 0.1) is 23.0 Å². The van der Waals surface area contributed by atoms with Crippen molar-refractivity contribution in [2.75, 3.05) is 38.3 Å². The predicted octanol–water partition coefficient (Wildman–Crippen LogP) is 3.62. The van der Waals surface area contributed by atoms with Crippen molar-refractivity contribution >= 4 is 40.5 Å². The first-order valence-corrected chi connectivity index (χ1v) is 9.73. The van der Waals surface area contributed by atoms with E-state index in [0.717, 1.165) is 24.2 Å². The average molecular weight is 422 g/mol. The van der Waals surface area contributed by atoms with Gasteiger partial charge in [0.15, 0.2) is 5.69 Å². The Labute approximate surface area is 171 Å². The van der Waals surface area contributed by atoms with E-state index >= 15 is 0 Å². The molecule has 0 aliphatic heterocycles. The van der Waals surface area contributed by atoms with Crippen LogP contribution in [0, 0.1) is 0 Å². The Morgan fingerprint density at radius 3 is 2.93 bits per heavy atom. The van der Waals surface area contributed by atoms with Gasteiger partial charge >= 0.3 is 0 Å². The van der Waals surface area contributed by atoms with E-state index in [1.807, 2.05) is 25.5 Å². The van der Waals surface area contributed by atoms with Crippen molar-refractivity contribution in [3.05, 3.63) is 40.6 Å². The summed E-state index contributed by atoms with van der Waals surface area (Å²) < 4.78 is 10.5. The molecule has 3 aromatic rings. The van der Waals surface area contributed by atoms with Crippen LogP contribution in [-0.2, 0) is 0 Å². The van der Waals surface area contributed by atoms with Gasteiger partial charge in [-0.05, 0) is 32.6 Å². The number of amides is 1. The third kappa shape index (κ3) is 5.22. The van der Waals surface area contributed by atoms with E-state index in [2.05, 4.69) is 20.2 Å². The standard InChI is InChI=1S/C18H20ClN5O3S/c1-24(2)6-3-7-26-18-23-15(10-28-18)11-4-5-12(19)13(8-11)21-16(25)14-9-27-17(20)22-14/h4-5,8-10H,3,6-7H2,1-2H3,(H2,20,22)(H,21,25). The van der Waals surface area contributed by atoms with E-state index in [4.69, 9.17) is 26.5 Å². The normalized spacial score (nSPS) is 11.0. The molecular formula is C18H20ClN5O3S. The van der Waals surface area contributed by atoms with Crippen LogP contribution in [0.2, 0.25) is 5.02 Å². The van der Waals surface area contributed by atoms with E-state index in [-0.39, 0.29) is 11.7 Å². The highest BCUT2D eigenvalue weighted by Gasteiger charge is 2.14. The zero-order chi connectivity index (χ0) is 20.1. The van der Waals surface area contributed by atoms with E-state index in [0.29, 0.717) is 22.5 Å². The van der Waals surface area contributed by atoms with Crippen LogP contribution >= 0.6 is 22.9 Å². The van der Waals surface area contributed by atoms with Gasteiger partial charge in [0, 0.05) is 17.5 Å². The lowest BCUT2D eigenvalue weighted by Crippen LogP contribution is -2.15. The molecule has 0 atom stereocenters. The molecule has 0 spiro atoms. The second-order valence-corrected chi connectivity index (χ2v) is 7.45. The van der Waals surface area contributed by atoms with Gasteiger partial charge in [-0.1, -0.05) is 29.0 Å². The summed E-state index contributed by atoms with van der Waals surface area (Å²) in [5, 5.41) is 5.59. The van der Waals surface area contributed by atoms with Crippen molar-refractivity contribution in [1.29, 1.82) is 0 Å². The average Bonchev–Trinajstić information content (AvgIpc) is 3.29. The fourth-order valence-electron chi connectivity index (χ4n) is 2.36. The number of nitrogens with one attached hydrogen (secondary N) is 1. The van der Waals surface area contributed by atoms with Crippen LogP contribution in [0.25, 0.3) is 11.3 Å². The van der Waals surface area contributed by atoms with Crippen LogP contribution in [0.15, 0.2) is 34.3 Å². The number of nitrogen functional groups attached to an aromatic ring is 1. The summed E-state index contributed by atoms with van der Waals surface area (Å²) in [5.74, 6) is -0.470. The highest BCUT2D eigenvalue weighted by molar-refractivity contribution is 7.11. The molecule has 2 aromatic heterocycles. The number of hydrogen-bond acceptors (Lipinski definition) is 8. The quantitative estimate of drug-likeness (QED) is 0.535. The highest BCUT2D eigenvalue weighted by Crippen LogP contribution is 2.31. The van der Waals surface area contributed by atoms with E-state index in [1.165, 1.54) is 17.6 Å². The maximum absolute atomic E-state index is 12.2. The number of aromatic nitrogens is 2. The molecule has 0 bridgehead atoms. The molecule has 1 aromatic carbocycles. The molecule has 0 aliphatic carbocycles. The fourth-order valence-corrected chi connectivity index (χ4v) is 3.22. The molecule has 8 nitrogen and oxygen atoms in total. The number of hydrogen-bond donors (Lipinski definition) is 2. The number of ether oxygens (including phenoxy) is 1. The van der Waals surface area contributed by atoms with Crippen LogP contribution in [0.3, 0.4) is 0 Å². The monoisotopic (exact) mass is 421 g/mol. The zero-order valence-corrected chi connectivity index (χ0v) is 17.0. The predicted molar refractivity (Wildman–Crippen MR) is 110 cm³/mol. The first-order chi connectivity index (χ1) is 13.4. The van der Waals surface area contributed by atoms with E-state index < -0.39 is 5.91 Å². The molecular weight excluding hydrogens is 402 g/mol. The van der Waals surface area contributed by atoms with Crippen LogP contribution in [0.1, 0.15) is 16.9 Å². The summed E-state index contributed by atoms with van der Waals surface area (Å²) in [6.07, 6.45) is 2.11. The number of carbonyl (C=O) groups excluding carboxylic acids is 1. The molecule has 0 unspecified atom stereocenters. The number of benzene rings is 1. The zero-order valence-electron chi connectivity index (χ0n) is 15.4. The second-order valence-electron chi connectivity index (χ2n) is 6.22. The Bertz CT molecular complexity index is 956. The third-order valence-corrected chi connectivity index (χ3v) is 4.80. The van der Waals surface area contributed by atoms with Crippen molar-refractivity contribution in [2.45, 2.75) is 6.42 Å². The number of rotatable bonds is 8. The van der Waals surface area contributed by atoms with Gasteiger partial charge in [-0.2, -0.15) is 4.98 Å². The first-order valence-electron chi connectivity index (χ1n) is 8.47. The number of oxazole rings is 1. The first kappa shape index (κ1) is 20.1. The number of nitrogens with two attached hydrogens (primary N) is 1. The van der Waals surface area contributed by atoms with Crippen molar-refractivity contribution in [3.8, 4) is 16.5 Å². The van der Waals surface area contributed by atoms with Crippen LogP contribution < -0.4 is 15.8 Å². The van der Waals surface area contributed by atoms with Gasteiger partial charge in [0.25, 0.3) is 17.1 Å². The summed E-state index contributed by atoms with van der Waals surface area (Å²) in [5.41, 5.74) is 7.45. The van der Waals surface area contributed by atoms with E-state index in [1.54, 1.807) is 12.1 Å². The van der Waals surface area contributed by atoms with Crippen molar-refractivity contribution in [3.63, 3.8) is 0 Å². The van der Waals surface area contributed by atoms with Gasteiger partial charge in [-0.25, -0.2) is 4.98 Å². The van der Waals surface area contributed by atoms with Gasteiger partial charge in [-0.15, -0.1) is 0 Å². The third-order valence-electron chi connectivity index (χ3n) is 3.72. The van der Waals surface area contributed by atoms with Crippen LogP contribution in [0.4, 0.5) is 11.7 Å². The summed E-state index contributed by atoms with van der Waals surface area (Å²) in [4.78, 5) is 22.6. The molecule has 10 heteroatoms. The highest BCUT2D eigenvalue weighted by atomic mass is 35.5. The number of nitrogens with zero attached hydrogens (tertiary/aromatic N) is 3. The van der Waals surface area contributed by atoms with Crippen molar-refractivity contribution < 1.29 is 13.9 Å². The number of carbonyl (C=O) groups is 1. The lowest BCUT2D eigenvalue weighted by Gasteiger charge is -2.08. The minimum atomic E-state index is -0.470. The Balaban J connectivity index is 1.68. The Morgan fingerprint density at radius 2 is 2.21 bits per heavy atom. The second kappa shape index (κ2) is 9.05. The van der Waals surface area contributed by atoms with E-state index in [9.17, 15) is 4.79 Å². The topological polar surface area (TPSA) is 107 Å². The van der Waals surface area contributed by atoms with Gasteiger partial charge < -0.3 is 25.1 Å². The maximum atomic E-state index is 12.2. The summed E-state index contributed by atoms with van der Waals surface area (Å²) >= 11 is 7.63. The van der Waals surface area contributed by atoms with Gasteiger partial charge in [0.2, 0.25) is 0 Å². The Kier molecular flexibility index (Phi) is 6.50. The Hall–Kier alpha value is -2.62. The largest absolute Gasteiger partial charge is 0.470 e. The Morgan fingerprint density at radius 1 is 1.39 bits per heavy atom. The van der Waals surface area contributed by atoms with Gasteiger partial charge in [0.1, 0.15) is 6.26 Å². The maximum Gasteiger partial charge on any atom is 0.292 e. The minimum Gasteiger partial charge on any atom is -0.470 e. The fraction of sp³-hybridized carbons (Fsp3) is 0.278. The van der Waals surface area contributed by atoms with Gasteiger partial charge in [-0.3, -0.25) is 4.79 Å². The number of thiazole rings is 1. The number of halogens is 1. The summed E-state index contributed by atoms with van der Waals surface area (Å²) in [6.45, 7) is 1.56. The smallest absolute Gasteiger partial charge is 0.292 e. The minimum absolute atomic E-state index is 0.0704. The molecule has 148 valence electrons. The van der Waals surface area contributed by atoms with Crippen molar-refractivity contribution in [1.82, 2.24) is 14.9 Å². The molecule has 0 aliphatic rings. The van der Waals surface area contributed by atoms with Crippen LogP contribution in [0.5, 0.6) is 5.19 Å². The lowest BCUT2D eigenvalue weighted by atomic mass is 10.1. The lowest BCUT2D eigenvalue weighted by molar-refractivity contribution is 0.102. The molecule has 3 N–H and O–H groups in total. The molecule has 0 radical (unpaired) electrons. The van der Waals surface area contributed by atoms with Crippen molar-refractivity contribution in [2.24, 2.45) is 0 Å². The molecule has 3 rings (SSSR count). The molecule has 28 heavy (non-hydrogen) atoms. The van der Waals surface area contributed by atoms with Crippen LogP contribution in [-0.4, -0.2) is 48.0 Å².